The lowest BCUT2D eigenvalue weighted by Crippen LogP contribution is -2.34. The van der Waals surface area contributed by atoms with Crippen molar-refractivity contribution in [2.45, 2.75) is 17.9 Å². The van der Waals surface area contributed by atoms with Crippen molar-refractivity contribution in [2.24, 2.45) is 5.73 Å². The molecule has 1 aliphatic heterocycles. The lowest BCUT2D eigenvalue weighted by molar-refractivity contribution is 0.148. The molecule has 2 N–H and O–H groups in total. The molecule has 0 aliphatic carbocycles. The van der Waals surface area contributed by atoms with E-state index in [0.29, 0.717) is 26.2 Å². The first-order valence-corrected chi connectivity index (χ1v) is 7.56. The van der Waals surface area contributed by atoms with Gasteiger partial charge in [-0.05, 0) is 18.6 Å². The van der Waals surface area contributed by atoms with Crippen molar-refractivity contribution in [3.63, 3.8) is 0 Å². The van der Waals surface area contributed by atoms with Crippen LogP contribution in [-0.4, -0.2) is 39.0 Å². The maximum Gasteiger partial charge on any atom is 0.243 e. The Morgan fingerprint density at radius 3 is 2.84 bits per heavy atom. The molecule has 1 aromatic rings. The molecule has 0 bridgehead atoms. The summed E-state index contributed by atoms with van der Waals surface area (Å²) in [5.74, 6) is -0.588. The molecular formula is C12H17FN2O3S. The van der Waals surface area contributed by atoms with E-state index < -0.39 is 15.8 Å². The number of rotatable bonds is 3. The van der Waals surface area contributed by atoms with Crippen molar-refractivity contribution in [3.8, 4) is 0 Å². The van der Waals surface area contributed by atoms with E-state index in [1.54, 1.807) is 0 Å². The summed E-state index contributed by atoms with van der Waals surface area (Å²) in [6, 6.07) is 3.99. The smallest absolute Gasteiger partial charge is 0.243 e. The molecule has 0 atom stereocenters. The van der Waals surface area contributed by atoms with Gasteiger partial charge in [-0.1, -0.05) is 6.07 Å². The summed E-state index contributed by atoms with van der Waals surface area (Å²) in [6.07, 6.45) is 0.631. The lowest BCUT2D eigenvalue weighted by Gasteiger charge is -2.21. The number of nitrogens with two attached hydrogens (primary N) is 1. The summed E-state index contributed by atoms with van der Waals surface area (Å²) in [7, 11) is -3.72. The van der Waals surface area contributed by atoms with E-state index in [-0.39, 0.29) is 23.5 Å². The molecule has 1 aromatic carbocycles. The van der Waals surface area contributed by atoms with E-state index in [1.807, 2.05) is 0 Å². The third kappa shape index (κ3) is 2.94. The highest BCUT2D eigenvalue weighted by Crippen LogP contribution is 2.23. The van der Waals surface area contributed by atoms with Crippen molar-refractivity contribution in [1.29, 1.82) is 0 Å². The highest BCUT2D eigenvalue weighted by Gasteiger charge is 2.28. The van der Waals surface area contributed by atoms with E-state index in [1.165, 1.54) is 22.5 Å². The van der Waals surface area contributed by atoms with E-state index in [4.69, 9.17) is 10.5 Å². The summed E-state index contributed by atoms with van der Waals surface area (Å²) < 4.78 is 45.2. The fraction of sp³-hybridized carbons (Fsp3) is 0.500. The fourth-order valence-corrected chi connectivity index (χ4v) is 3.79. The Balaban J connectivity index is 2.41. The van der Waals surface area contributed by atoms with Gasteiger partial charge in [0.2, 0.25) is 10.0 Å². The Morgan fingerprint density at radius 1 is 1.32 bits per heavy atom. The van der Waals surface area contributed by atoms with E-state index >= 15 is 0 Å². The van der Waals surface area contributed by atoms with Crippen LogP contribution in [0.5, 0.6) is 0 Å². The fourth-order valence-electron chi connectivity index (χ4n) is 2.08. The van der Waals surface area contributed by atoms with Crippen LogP contribution < -0.4 is 5.73 Å². The number of benzene rings is 1. The second-order valence-corrected chi connectivity index (χ2v) is 6.20. The first-order valence-electron chi connectivity index (χ1n) is 6.12. The van der Waals surface area contributed by atoms with Gasteiger partial charge in [-0.15, -0.1) is 0 Å². The molecule has 19 heavy (non-hydrogen) atoms. The zero-order valence-electron chi connectivity index (χ0n) is 10.5. The third-order valence-corrected chi connectivity index (χ3v) is 5.06. The third-order valence-electron chi connectivity index (χ3n) is 3.08. The van der Waals surface area contributed by atoms with E-state index in [9.17, 15) is 12.8 Å². The normalized spacial score (nSPS) is 18.2. The van der Waals surface area contributed by atoms with Gasteiger partial charge in [-0.25, -0.2) is 12.8 Å². The summed E-state index contributed by atoms with van der Waals surface area (Å²) in [4.78, 5) is -0.0445. The van der Waals surface area contributed by atoms with Crippen molar-refractivity contribution in [1.82, 2.24) is 4.31 Å². The first-order chi connectivity index (χ1) is 9.07. The van der Waals surface area contributed by atoms with Crippen LogP contribution in [0, 0.1) is 5.82 Å². The van der Waals surface area contributed by atoms with Gasteiger partial charge in [0.05, 0.1) is 11.5 Å². The molecule has 7 heteroatoms. The molecule has 1 fully saturated rings. The van der Waals surface area contributed by atoms with Gasteiger partial charge in [0.1, 0.15) is 5.82 Å². The van der Waals surface area contributed by atoms with Gasteiger partial charge in [0.15, 0.2) is 0 Å². The van der Waals surface area contributed by atoms with Crippen LogP contribution in [0.3, 0.4) is 0 Å². The van der Waals surface area contributed by atoms with Crippen LogP contribution >= 0.6 is 0 Å². The lowest BCUT2D eigenvalue weighted by atomic mass is 10.2. The van der Waals surface area contributed by atoms with Crippen molar-refractivity contribution in [2.75, 3.05) is 26.3 Å². The SMILES string of the molecule is NCc1c(F)cccc1S(=O)(=O)N1CCCOCC1. The van der Waals surface area contributed by atoms with Gasteiger partial charge in [0, 0.05) is 31.8 Å². The molecule has 0 aromatic heterocycles. The number of hydrogen-bond donors (Lipinski definition) is 1. The molecule has 0 spiro atoms. The maximum atomic E-state index is 13.6. The van der Waals surface area contributed by atoms with Crippen LogP contribution in [0.25, 0.3) is 0 Å². The summed E-state index contributed by atoms with van der Waals surface area (Å²) >= 11 is 0. The van der Waals surface area contributed by atoms with Gasteiger partial charge in [0.25, 0.3) is 0 Å². The Morgan fingerprint density at radius 2 is 2.11 bits per heavy atom. The number of halogens is 1. The molecule has 1 heterocycles. The molecule has 0 unspecified atom stereocenters. The standard InChI is InChI=1S/C12H17FN2O3S/c13-11-3-1-4-12(10(11)9-14)19(16,17)15-5-2-7-18-8-6-15/h1,3-4H,2,5-9,14H2. The molecule has 2 rings (SSSR count). The van der Waals surface area contributed by atoms with Gasteiger partial charge < -0.3 is 10.5 Å². The molecule has 5 nitrogen and oxygen atoms in total. The van der Waals surface area contributed by atoms with Crippen LogP contribution in [-0.2, 0) is 21.3 Å². The quantitative estimate of drug-likeness (QED) is 0.888. The molecule has 0 saturated carbocycles. The highest BCUT2D eigenvalue weighted by atomic mass is 32.2. The number of ether oxygens (including phenoxy) is 1. The Bertz CT molecular complexity index is 540. The predicted octanol–water partition coefficient (Wildman–Crippen LogP) is 0.695. The van der Waals surface area contributed by atoms with Crippen molar-refractivity contribution >= 4 is 10.0 Å². The minimum atomic E-state index is -3.72. The zero-order chi connectivity index (χ0) is 13.9. The van der Waals surface area contributed by atoms with Crippen LogP contribution in [0.2, 0.25) is 0 Å². The van der Waals surface area contributed by atoms with Gasteiger partial charge in [-0.3, -0.25) is 0 Å². The summed E-state index contributed by atoms with van der Waals surface area (Å²) in [5, 5.41) is 0. The average molecular weight is 288 g/mol. The van der Waals surface area contributed by atoms with Gasteiger partial charge >= 0.3 is 0 Å². The molecular weight excluding hydrogens is 271 g/mol. The molecule has 0 amide bonds. The molecule has 1 aliphatic rings. The summed E-state index contributed by atoms with van der Waals surface area (Å²) in [5.41, 5.74) is 5.50. The van der Waals surface area contributed by atoms with Crippen LogP contribution in [0.4, 0.5) is 4.39 Å². The summed E-state index contributed by atoms with van der Waals surface area (Å²) in [6.45, 7) is 1.41. The molecule has 0 radical (unpaired) electrons. The number of hydrogen-bond acceptors (Lipinski definition) is 4. The number of sulfonamides is 1. The minimum absolute atomic E-state index is 0.0349. The topological polar surface area (TPSA) is 72.6 Å². The Kier molecular flexibility index (Phi) is 4.51. The van der Waals surface area contributed by atoms with E-state index in [0.717, 1.165) is 0 Å². The molecule has 1 saturated heterocycles. The largest absolute Gasteiger partial charge is 0.380 e. The number of nitrogens with zero attached hydrogens (tertiary/aromatic N) is 1. The Hall–Kier alpha value is -1.02. The van der Waals surface area contributed by atoms with Crippen molar-refractivity contribution < 1.29 is 17.5 Å². The van der Waals surface area contributed by atoms with Gasteiger partial charge in [-0.2, -0.15) is 4.31 Å². The minimum Gasteiger partial charge on any atom is -0.380 e. The average Bonchev–Trinajstić information content (AvgIpc) is 2.67. The van der Waals surface area contributed by atoms with Crippen LogP contribution in [0.1, 0.15) is 12.0 Å². The van der Waals surface area contributed by atoms with Crippen LogP contribution in [0.15, 0.2) is 23.1 Å². The van der Waals surface area contributed by atoms with E-state index in [2.05, 4.69) is 0 Å². The monoisotopic (exact) mass is 288 g/mol. The molecule has 106 valence electrons. The highest BCUT2D eigenvalue weighted by molar-refractivity contribution is 7.89. The van der Waals surface area contributed by atoms with Crippen molar-refractivity contribution in [3.05, 3.63) is 29.6 Å². The second-order valence-electron chi connectivity index (χ2n) is 4.29. The maximum absolute atomic E-state index is 13.6. The Labute approximate surface area is 112 Å². The second kappa shape index (κ2) is 5.96. The first kappa shape index (κ1) is 14.4. The predicted molar refractivity (Wildman–Crippen MR) is 68.5 cm³/mol. The zero-order valence-corrected chi connectivity index (χ0v) is 11.3.